The summed E-state index contributed by atoms with van der Waals surface area (Å²) in [7, 11) is 0. The van der Waals surface area contributed by atoms with Gasteiger partial charge in [-0.05, 0) is 29.9 Å². The Morgan fingerprint density at radius 2 is 2.15 bits per heavy atom. The molecule has 1 aliphatic rings. The van der Waals surface area contributed by atoms with Crippen LogP contribution in [0, 0.1) is 11.7 Å². The molecule has 0 nitrogen and oxygen atoms in total. The Morgan fingerprint density at radius 3 is 2.85 bits per heavy atom. The molecule has 1 aromatic rings. The molecule has 0 N–H and O–H groups in total. The number of hydrogen-bond acceptors (Lipinski definition) is 0. The monoisotopic (exact) mass is 178 g/mol. The molecule has 0 bridgehead atoms. The van der Waals surface area contributed by atoms with Gasteiger partial charge in [-0.2, -0.15) is 0 Å². The molecule has 1 aromatic carbocycles. The van der Waals surface area contributed by atoms with E-state index >= 15 is 0 Å². The molecule has 13 heavy (non-hydrogen) atoms. The van der Waals surface area contributed by atoms with Gasteiger partial charge in [0, 0.05) is 0 Å². The van der Waals surface area contributed by atoms with Crippen LogP contribution in [-0.2, 0) is 0 Å². The summed E-state index contributed by atoms with van der Waals surface area (Å²) >= 11 is 0. The van der Waals surface area contributed by atoms with E-state index in [1.165, 1.54) is 19.3 Å². The molecule has 0 aromatic heterocycles. The lowest BCUT2D eigenvalue weighted by Gasteiger charge is -2.00. The summed E-state index contributed by atoms with van der Waals surface area (Å²) < 4.78 is 13.3. The summed E-state index contributed by atoms with van der Waals surface area (Å²) in [6.07, 6.45) is 3.66. The molecule has 1 heteroatoms. The second-order valence-electron chi connectivity index (χ2n) is 3.91. The van der Waals surface area contributed by atoms with Gasteiger partial charge >= 0.3 is 0 Å². The average molecular weight is 178 g/mol. The van der Waals surface area contributed by atoms with Crippen molar-refractivity contribution >= 4 is 0 Å². The van der Waals surface area contributed by atoms with E-state index in [1.54, 1.807) is 12.1 Å². The van der Waals surface area contributed by atoms with Crippen LogP contribution in [0.15, 0.2) is 24.3 Å². The van der Waals surface area contributed by atoms with Crippen molar-refractivity contribution in [3.63, 3.8) is 0 Å². The van der Waals surface area contributed by atoms with Crippen molar-refractivity contribution in [1.29, 1.82) is 0 Å². The van der Waals surface area contributed by atoms with Gasteiger partial charge in [0.1, 0.15) is 5.82 Å². The van der Waals surface area contributed by atoms with Gasteiger partial charge in [0.2, 0.25) is 0 Å². The van der Waals surface area contributed by atoms with E-state index in [-0.39, 0.29) is 5.82 Å². The number of hydrogen-bond donors (Lipinski definition) is 0. The minimum absolute atomic E-state index is 0.0221. The standard InChI is InChI=1S/C12H15F/c1-2-5-9-8-11(9)10-6-3-4-7-12(10)13/h3-4,6-7,9,11H,2,5,8H2,1H3. The van der Waals surface area contributed by atoms with Crippen molar-refractivity contribution in [3.05, 3.63) is 35.6 Å². The van der Waals surface area contributed by atoms with Crippen LogP contribution in [0.25, 0.3) is 0 Å². The molecule has 0 aliphatic heterocycles. The maximum Gasteiger partial charge on any atom is 0.126 e. The third-order valence-electron chi connectivity index (χ3n) is 2.89. The molecular weight excluding hydrogens is 163 g/mol. The lowest BCUT2D eigenvalue weighted by Crippen LogP contribution is -1.88. The molecular formula is C12H15F. The van der Waals surface area contributed by atoms with E-state index in [0.717, 1.165) is 11.5 Å². The van der Waals surface area contributed by atoms with Crippen LogP contribution in [0.2, 0.25) is 0 Å². The Kier molecular flexibility index (Phi) is 2.34. The first-order valence-corrected chi connectivity index (χ1v) is 5.07. The topological polar surface area (TPSA) is 0 Å². The maximum atomic E-state index is 13.3. The Hall–Kier alpha value is -0.850. The first kappa shape index (κ1) is 8.74. The summed E-state index contributed by atoms with van der Waals surface area (Å²) in [5.74, 6) is 1.24. The zero-order chi connectivity index (χ0) is 9.26. The van der Waals surface area contributed by atoms with Crippen LogP contribution in [0.1, 0.15) is 37.7 Å². The molecule has 0 spiro atoms. The van der Waals surface area contributed by atoms with Gasteiger partial charge in [0.15, 0.2) is 0 Å². The molecule has 2 unspecified atom stereocenters. The highest BCUT2D eigenvalue weighted by Crippen LogP contribution is 2.50. The predicted molar refractivity (Wildman–Crippen MR) is 52.2 cm³/mol. The number of benzene rings is 1. The van der Waals surface area contributed by atoms with Crippen LogP contribution in [0.3, 0.4) is 0 Å². The lowest BCUT2D eigenvalue weighted by molar-refractivity contribution is 0.600. The minimum Gasteiger partial charge on any atom is -0.207 e. The van der Waals surface area contributed by atoms with E-state index in [2.05, 4.69) is 6.92 Å². The van der Waals surface area contributed by atoms with Gasteiger partial charge in [-0.15, -0.1) is 0 Å². The third-order valence-corrected chi connectivity index (χ3v) is 2.89. The van der Waals surface area contributed by atoms with E-state index in [4.69, 9.17) is 0 Å². The van der Waals surface area contributed by atoms with Crippen LogP contribution in [-0.4, -0.2) is 0 Å². The highest BCUT2D eigenvalue weighted by molar-refractivity contribution is 5.27. The fourth-order valence-corrected chi connectivity index (χ4v) is 2.09. The van der Waals surface area contributed by atoms with E-state index < -0.39 is 0 Å². The molecule has 0 saturated heterocycles. The SMILES string of the molecule is CCCC1CC1c1ccccc1F. The first-order valence-electron chi connectivity index (χ1n) is 5.07. The van der Waals surface area contributed by atoms with Gasteiger partial charge in [-0.1, -0.05) is 38.0 Å². The average Bonchev–Trinajstić information content (AvgIpc) is 2.86. The maximum absolute atomic E-state index is 13.3. The molecule has 0 heterocycles. The zero-order valence-electron chi connectivity index (χ0n) is 7.96. The van der Waals surface area contributed by atoms with E-state index in [0.29, 0.717) is 5.92 Å². The van der Waals surface area contributed by atoms with Gasteiger partial charge in [-0.25, -0.2) is 4.39 Å². The Labute approximate surface area is 78.8 Å². The Bertz CT molecular complexity index is 293. The van der Waals surface area contributed by atoms with Crippen molar-refractivity contribution in [2.24, 2.45) is 5.92 Å². The Morgan fingerprint density at radius 1 is 1.38 bits per heavy atom. The van der Waals surface area contributed by atoms with Crippen LogP contribution in [0.4, 0.5) is 4.39 Å². The van der Waals surface area contributed by atoms with E-state index in [1.807, 2.05) is 12.1 Å². The van der Waals surface area contributed by atoms with Crippen LogP contribution in [0.5, 0.6) is 0 Å². The Balaban J connectivity index is 2.07. The van der Waals surface area contributed by atoms with Crippen LogP contribution >= 0.6 is 0 Å². The highest BCUT2D eigenvalue weighted by atomic mass is 19.1. The molecule has 1 aliphatic carbocycles. The zero-order valence-corrected chi connectivity index (χ0v) is 7.96. The number of halogens is 1. The summed E-state index contributed by atoms with van der Waals surface area (Å²) in [6, 6.07) is 7.18. The smallest absolute Gasteiger partial charge is 0.126 e. The largest absolute Gasteiger partial charge is 0.207 e. The second kappa shape index (κ2) is 3.49. The summed E-state index contributed by atoms with van der Waals surface area (Å²) in [6.45, 7) is 2.19. The first-order chi connectivity index (χ1) is 6.33. The van der Waals surface area contributed by atoms with Crippen molar-refractivity contribution in [2.75, 3.05) is 0 Å². The fraction of sp³-hybridized carbons (Fsp3) is 0.500. The van der Waals surface area contributed by atoms with E-state index in [9.17, 15) is 4.39 Å². The molecule has 2 rings (SSSR count). The number of rotatable bonds is 3. The van der Waals surface area contributed by atoms with Gasteiger partial charge in [0.05, 0.1) is 0 Å². The predicted octanol–water partition coefficient (Wildman–Crippen LogP) is 3.73. The quantitative estimate of drug-likeness (QED) is 0.661. The minimum atomic E-state index is -0.0221. The molecule has 1 fully saturated rings. The van der Waals surface area contributed by atoms with Crippen molar-refractivity contribution < 1.29 is 4.39 Å². The second-order valence-corrected chi connectivity index (χ2v) is 3.91. The summed E-state index contributed by atoms with van der Waals surface area (Å²) in [4.78, 5) is 0. The molecule has 1 saturated carbocycles. The summed E-state index contributed by atoms with van der Waals surface area (Å²) in [5, 5.41) is 0. The van der Waals surface area contributed by atoms with Crippen LogP contribution < -0.4 is 0 Å². The fourth-order valence-electron chi connectivity index (χ4n) is 2.09. The molecule has 0 amide bonds. The third kappa shape index (κ3) is 1.74. The summed E-state index contributed by atoms with van der Waals surface area (Å²) in [5.41, 5.74) is 0.931. The molecule has 2 atom stereocenters. The lowest BCUT2D eigenvalue weighted by atomic mass is 10.1. The molecule has 70 valence electrons. The van der Waals surface area contributed by atoms with Gasteiger partial charge in [-0.3, -0.25) is 0 Å². The van der Waals surface area contributed by atoms with Gasteiger partial charge in [0.25, 0.3) is 0 Å². The van der Waals surface area contributed by atoms with Crippen molar-refractivity contribution in [2.45, 2.75) is 32.1 Å². The normalized spacial score (nSPS) is 26.0. The van der Waals surface area contributed by atoms with Crippen molar-refractivity contribution in [3.8, 4) is 0 Å². The van der Waals surface area contributed by atoms with Gasteiger partial charge < -0.3 is 0 Å². The highest BCUT2D eigenvalue weighted by Gasteiger charge is 2.38. The van der Waals surface area contributed by atoms with Crippen molar-refractivity contribution in [1.82, 2.24) is 0 Å². The molecule has 0 radical (unpaired) electrons.